The monoisotopic (exact) mass is 141 g/mol. The normalized spacial score (nSPS) is 28.3. The van der Waals surface area contributed by atoms with Crippen LogP contribution in [0.15, 0.2) is 12.7 Å². The van der Waals surface area contributed by atoms with E-state index in [1.54, 1.807) is 0 Å². The molecular formula is C7H15N3. The Hall–Kier alpha value is -0.380. The van der Waals surface area contributed by atoms with Gasteiger partial charge in [-0.3, -0.25) is 4.90 Å². The van der Waals surface area contributed by atoms with Crippen LogP contribution in [0.4, 0.5) is 0 Å². The molecule has 0 aromatic carbocycles. The van der Waals surface area contributed by atoms with Crippen LogP contribution >= 0.6 is 0 Å². The van der Waals surface area contributed by atoms with Gasteiger partial charge in [0.05, 0.1) is 6.17 Å². The highest BCUT2D eigenvalue weighted by Gasteiger charge is 2.15. The first kappa shape index (κ1) is 7.72. The standard InChI is InChI=1S/C7H15N3/c1-2-4-10-5-3-9-6-7(10)8/h2,7,9H,1,3-6,8H2. The van der Waals surface area contributed by atoms with Crippen molar-refractivity contribution in [2.24, 2.45) is 5.73 Å². The van der Waals surface area contributed by atoms with E-state index in [-0.39, 0.29) is 6.17 Å². The third-order valence-corrected chi connectivity index (χ3v) is 1.76. The average Bonchev–Trinajstić information content (AvgIpc) is 1.94. The molecule has 58 valence electrons. The number of nitrogens with one attached hydrogen (secondary N) is 1. The minimum atomic E-state index is 0.173. The highest BCUT2D eigenvalue weighted by Crippen LogP contribution is 1.95. The SMILES string of the molecule is C=CCN1CCNCC1N. The molecule has 10 heavy (non-hydrogen) atoms. The second-order valence-electron chi connectivity index (χ2n) is 2.56. The van der Waals surface area contributed by atoms with Crippen molar-refractivity contribution in [3.05, 3.63) is 12.7 Å². The second-order valence-corrected chi connectivity index (χ2v) is 2.56. The Balaban J connectivity index is 2.32. The fraction of sp³-hybridized carbons (Fsp3) is 0.714. The minimum Gasteiger partial charge on any atom is -0.315 e. The lowest BCUT2D eigenvalue weighted by atomic mass is 10.3. The lowest BCUT2D eigenvalue weighted by Gasteiger charge is -2.32. The predicted molar refractivity (Wildman–Crippen MR) is 42.6 cm³/mol. The molecule has 1 fully saturated rings. The van der Waals surface area contributed by atoms with E-state index in [9.17, 15) is 0 Å². The maximum atomic E-state index is 5.78. The van der Waals surface area contributed by atoms with E-state index in [2.05, 4.69) is 16.8 Å². The summed E-state index contributed by atoms with van der Waals surface area (Å²) in [5, 5.41) is 3.22. The molecule has 0 radical (unpaired) electrons. The summed E-state index contributed by atoms with van der Waals surface area (Å²) in [5.41, 5.74) is 5.78. The van der Waals surface area contributed by atoms with Gasteiger partial charge in [-0.25, -0.2) is 0 Å². The van der Waals surface area contributed by atoms with E-state index in [1.165, 1.54) is 0 Å². The quantitative estimate of drug-likeness (QED) is 0.503. The molecule has 0 spiro atoms. The third kappa shape index (κ3) is 1.80. The first-order chi connectivity index (χ1) is 4.84. The zero-order valence-corrected chi connectivity index (χ0v) is 6.21. The topological polar surface area (TPSA) is 41.3 Å². The van der Waals surface area contributed by atoms with Crippen molar-refractivity contribution in [1.82, 2.24) is 10.2 Å². The summed E-state index contributed by atoms with van der Waals surface area (Å²) in [4.78, 5) is 2.21. The Morgan fingerprint density at radius 3 is 3.20 bits per heavy atom. The molecule has 1 atom stereocenters. The lowest BCUT2D eigenvalue weighted by molar-refractivity contribution is 0.183. The van der Waals surface area contributed by atoms with Gasteiger partial charge in [0.25, 0.3) is 0 Å². The molecule has 1 aliphatic rings. The number of piperazine rings is 1. The number of nitrogens with zero attached hydrogens (tertiary/aromatic N) is 1. The van der Waals surface area contributed by atoms with Gasteiger partial charge in [0, 0.05) is 26.2 Å². The smallest absolute Gasteiger partial charge is 0.0703 e. The summed E-state index contributed by atoms with van der Waals surface area (Å²) in [7, 11) is 0. The van der Waals surface area contributed by atoms with Crippen LogP contribution < -0.4 is 11.1 Å². The van der Waals surface area contributed by atoms with Crippen molar-refractivity contribution in [2.75, 3.05) is 26.2 Å². The predicted octanol–water partition coefficient (Wildman–Crippen LogP) is -0.638. The Morgan fingerprint density at radius 2 is 2.60 bits per heavy atom. The zero-order chi connectivity index (χ0) is 7.40. The van der Waals surface area contributed by atoms with Crippen molar-refractivity contribution in [3.63, 3.8) is 0 Å². The summed E-state index contributed by atoms with van der Waals surface area (Å²) in [6, 6.07) is 0. The van der Waals surface area contributed by atoms with Gasteiger partial charge in [-0.15, -0.1) is 6.58 Å². The van der Waals surface area contributed by atoms with E-state index in [0.717, 1.165) is 26.2 Å². The van der Waals surface area contributed by atoms with E-state index in [0.29, 0.717) is 0 Å². The van der Waals surface area contributed by atoms with Crippen LogP contribution in [0.3, 0.4) is 0 Å². The molecule has 1 aliphatic heterocycles. The molecule has 3 nitrogen and oxygen atoms in total. The number of hydrogen-bond acceptors (Lipinski definition) is 3. The van der Waals surface area contributed by atoms with Crippen LogP contribution in [0.1, 0.15) is 0 Å². The minimum absolute atomic E-state index is 0.173. The molecule has 1 unspecified atom stereocenters. The Morgan fingerprint density at radius 1 is 1.80 bits per heavy atom. The fourth-order valence-corrected chi connectivity index (χ4v) is 1.16. The Bertz CT molecular complexity index is 113. The van der Waals surface area contributed by atoms with Gasteiger partial charge >= 0.3 is 0 Å². The first-order valence-corrected chi connectivity index (χ1v) is 3.66. The summed E-state index contributed by atoms with van der Waals surface area (Å²) in [5.74, 6) is 0. The van der Waals surface area contributed by atoms with Crippen LogP contribution in [0.25, 0.3) is 0 Å². The molecule has 0 aliphatic carbocycles. The van der Waals surface area contributed by atoms with Crippen LogP contribution in [-0.4, -0.2) is 37.2 Å². The molecule has 0 amide bonds. The van der Waals surface area contributed by atoms with Crippen molar-refractivity contribution in [1.29, 1.82) is 0 Å². The molecule has 1 rings (SSSR count). The van der Waals surface area contributed by atoms with Crippen LogP contribution in [0.5, 0.6) is 0 Å². The van der Waals surface area contributed by atoms with Gasteiger partial charge in [-0.1, -0.05) is 6.08 Å². The molecule has 1 heterocycles. The first-order valence-electron chi connectivity index (χ1n) is 3.66. The molecule has 3 N–H and O–H groups in total. The van der Waals surface area contributed by atoms with Crippen LogP contribution in [0.2, 0.25) is 0 Å². The third-order valence-electron chi connectivity index (χ3n) is 1.76. The van der Waals surface area contributed by atoms with E-state index in [4.69, 9.17) is 5.73 Å². The maximum absolute atomic E-state index is 5.78. The van der Waals surface area contributed by atoms with Gasteiger partial charge in [-0.05, 0) is 0 Å². The highest BCUT2D eigenvalue weighted by molar-refractivity contribution is 4.81. The number of rotatable bonds is 2. The molecule has 1 saturated heterocycles. The summed E-state index contributed by atoms with van der Waals surface area (Å²) in [6.07, 6.45) is 2.07. The van der Waals surface area contributed by atoms with Crippen LogP contribution in [0, 0.1) is 0 Å². The van der Waals surface area contributed by atoms with E-state index in [1.807, 2.05) is 6.08 Å². The Labute approximate surface area is 61.9 Å². The molecule has 0 bridgehead atoms. The zero-order valence-electron chi connectivity index (χ0n) is 6.21. The summed E-state index contributed by atoms with van der Waals surface area (Å²) >= 11 is 0. The number of hydrogen-bond donors (Lipinski definition) is 2. The molecular weight excluding hydrogens is 126 g/mol. The van der Waals surface area contributed by atoms with Crippen molar-refractivity contribution >= 4 is 0 Å². The van der Waals surface area contributed by atoms with Gasteiger partial charge in [0.15, 0.2) is 0 Å². The van der Waals surface area contributed by atoms with Gasteiger partial charge in [-0.2, -0.15) is 0 Å². The molecule has 0 aromatic rings. The maximum Gasteiger partial charge on any atom is 0.0703 e. The van der Waals surface area contributed by atoms with Crippen molar-refractivity contribution < 1.29 is 0 Å². The molecule has 3 heteroatoms. The average molecular weight is 141 g/mol. The number of nitrogens with two attached hydrogens (primary N) is 1. The van der Waals surface area contributed by atoms with Gasteiger partial charge < -0.3 is 11.1 Å². The summed E-state index contributed by atoms with van der Waals surface area (Å²) in [6.45, 7) is 7.55. The Kier molecular flexibility index (Phi) is 2.86. The van der Waals surface area contributed by atoms with Crippen molar-refractivity contribution in [2.45, 2.75) is 6.17 Å². The van der Waals surface area contributed by atoms with Gasteiger partial charge in [0.2, 0.25) is 0 Å². The highest BCUT2D eigenvalue weighted by atomic mass is 15.3. The van der Waals surface area contributed by atoms with E-state index < -0.39 is 0 Å². The lowest BCUT2D eigenvalue weighted by Crippen LogP contribution is -2.55. The van der Waals surface area contributed by atoms with Crippen LogP contribution in [-0.2, 0) is 0 Å². The molecule has 0 saturated carbocycles. The fourth-order valence-electron chi connectivity index (χ4n) is 1.16. The van der Waals surface area contributed by atoms with Crippen molar-refractivity contribution in [3.8, 4) is 0 Å². The molecule has 0 aromatic heterocycles. The van der Waals surface area contributed by atoms with E-state index >= 15 is 0 Å². The summed E-state index contributed by atoms with van der Waals surface area (Å²) < 4.78 is 0. The largest absolute Gasteiger partial charge is 0.315 e. The second kappa shape index (κ2) is 3.71. The van der Waals surface area contributed by atoms with Gasteiger partial charge in [0.1, 0.15) is 0 Å².